The number of aromatic nitrogens is 1. The Balaban J connectivity index is 1.35. The number of piperidine rings is 1. The molecule has 0 bridgehead atoms. The van der Waals surface area contributed by atoms with Crippen LogP contribution < -0.4 is 0 Å². The summed E-state index contributed by atoms with van der Waals surface area (Å²) in [4.78, 5) is 21.4. The maximum absolute atomic E-state index is 12.5. The Labute approximate surface area is 141 Å². The van der Waals surface area contributed by atoms with Gasteiger partial charge in [0.05, 0.1) is 17.2 Å². The molecule has 1 spiro atoms. The van der Waals surface area contributed by atoms with Gasteiger partial charge in [0.15, 0.2) is 0 Å². The van der Waals surface area contributed by atoms with E-state index in [0.29, 0.717) is 11.7 Å². The topological polar surface area (TPSA) is 45.7 Å². The Hall–Kier alpha value is -0.980. The minimum atomic E-state index is 0.0159. The van der Waals surface area contributed by atoms with Crippen LogP contribution in [0.25, 0.3) is 0 Å². The van der Waals surface area contributed by atoms with Crippen molar-refractivity contribution in [3.63, 3.8) is 0 Å². The lowest BCUT2D eigenvalue weighted by atomic mass is 9.87. The van der Waals surface area contributed by atoms with Crippen LogP contribution in [-0.2, 0) is 4.74 Å². The summed E-state index contributed by atoms with van der Waals surface area (Å²) in [6.45, 7) is 6.87. The highest BCUT2D eigenvalue weighted by Crippen LogP contribution is 2.38. The maximum Gasteiger partial charge on any atom is 0.273 e. The molecule has 0 aromatic carbocycles. The number of amides is 1. The molecule has 0 N–H and O–H groups in total. The van der Waals surface area contributed by atoms with Crippen molar-refractivity contribution >= 4 is 17.2 Å². The highest BCUT2D eigenvalue weighted by Gasteiger charge is 2.45. The first-order valence-corrected chi connectivity index (χ1v) is 9.63. The van der Waals surface area contributed by atoms with Crippen LogP contribution in [0.1, 0.15) is 47.6 Å². The maximum atomic E-state index is 12.5. The Morgan fingerprint density at radius 3 is 2.70 bits per heavy atom. The first kappa shape index (κ1) is 15.5. The fourth-order valence-corrected chi connectivity index (χ4v) is 4.84. The van der Waals surface area contributed by atoms with Gasteiger partial charge in [0.2, 0.25) is 0 Å². The second-order valence-electron chi connectivity index (χ2n) is 7.14. The van der Waals surface area contributed by atoms with Crippen molar-refractivity contribution in [2.24, 2.45) is 0 Å². The Bertz CT molecular complexity index is 574. The molecule has 1 amide bonds. The molecule has 126 valence electrons. The third kappa shape index (κ3) is 3.04. The average Bonchev–Trinajstić information content (AvgIpc) is 3.28. The number of aryl methyl sites for hydroxylation is 1. The van der Waals surface area contributed by atoms with Crippen molar-refractivity contribution in [2.45, 2.75) is 50.7 Å². The SMILES string of the molecule is Cc1nc(C(=O)N2CCC3(CC2)CC(N2CCCC2)CO3)cs1. The molecular weight excluding hydrogens is 310 g/mol. The van der Waals surface area contributed by atoms with Gasteiger partial charge in [0.1, 0.15) is 5.69 Å². The molecule has 4 rings (SSSR count). The van der Waals surface area contributed by atoms with Gasteiger partial charge in [-0.3, -0.25) is 9.69 Å². The summed E-state index contributed by atoms with van der Waals surface area (Å²) in [7, 11) is 0. The van der Waals surface area contributed by atoms with E-state index in [4.69, 9.17) is 4.74 Å². The predicted octanol–water partition coefficient (Wildman–Crippen LogP) is 2.31. The van der Waals surface area contributed by atoms with E-state index in [0.717, 1.165) is 44.0 Å². The molecule has 6 heteroatoms. The van der Waals surface area contributed by atoms with Gasteiger partial charge in [-0.15, -0.1) is 11.3 Å². The lowest BCUT2D eigenvalue weighted by Gasteiger charge is -2.38. The fourth-order valence-electron chi connectivity index (χ4n) is 4.25. The predicted molar refractivity (Wildman–Crippen MR) is 89.9 cm³/mol. The summed E-state index contributed by atoms with van der Waals surface area (Å²) in [5, 5.41) is 2.83. The normalized spacial score (nSPS) is 27.9. The summed E-state index contributed by atoms with van der Waals surface area (Å²) < 4.78 is 6.25. The van der Waals surface area contributed by atoms with Gasteiger partial charge in [-0.1, -0.05) is 0 Å². The summed E-state index contributed by atoms with van der Waals surface area (Å²) in [5.74, 6) is 0.0817. The number of carbonyl (C=O) groups excluding carboxylic acids is 1. The van der Waals surface area contributed by atoms with Crippen LogP contribution in [0.5, 0.6) is 0 Å². The number of hydrogen-bond acceptors (Lipinski definition) is 5. The molecule has 3 aliphatic heterocycles. The van der Waals surface area contributed by atoms with E-state index >= 15 is 0 Å². The molecule has 5 nitrogen and oxygen atoms in total. The molecule has 3 aliphatic rings. The van der Waals surface area contributed by atoms with Gasteiger partial charge < -0.3 is 9.64 Å². The quantitative estimate of drug-likeness (QED) is 0.832. The Morgan fingerprint density at radius 2 is 2.04 bits per heavy atom. The lowest BCUT2D eigenvalue weighted by molar-refractivity contribution is -0.0393. The third-order valence-electron chi connectivity index (χ3n) is 5.65. The van der Waals surface area contributed by atoms with Crippen LogP contribution in [-0.4, -0.2) is 65.1 Å². The first-order chi connectivity index (χ1) is 11.2. The smallest absolute Gasteiger partial charge is 0.273 e. The minimum Gasteiger partial charge on any atom is -0.373 e. The van der Waals surface area contributed by atoms with Crippen molar-refractivity contribution in [3.8, 4) is 0 Å². The molecular formula is C17H25N3O2S. The number of thiazole rings is 1. The zero-order valence-corrected chi connectivity index (χ0v) is 14.6. The fraction of sp³-hybridized carbons (Fsp3) is 0.765. The second kappa shape index (κ2) is 6.15. The third-order valence-corrected chi connectivity index (χ3v) is 6.42. The van der Waals surface area contributed by atoms with Crippen molar-refractivity contribution in [1.82, 2.24) is 14.8 Å². The van der Waals surface area contributed by atoms with E-state index in [-0.39, 0.29) is 11.5 Å². The molecule has 23 heavy (non-hydrogen) atoms. The van der Waals surface area contributed by atoms with E-state index in [1.54, 1.807) is 11.3 Å². The summed E-state index contributed by atoms with van der Waals surface area (Å²) in [5.41, 5.74) is 0.618. The van der Waals surface area contributed by atoms with Crippen LogP contribution in [0.2, 0.25) is 0 Å². The molecule has 4 heterocycles. The van der Waals surface area contributed by atoms with Gasteiger partial charge in [0, 0.05) is 24.5 Å². The highest BCUT2D eigenvalue weighted by molar-refractivity contribution is 7.09. The summed E-state index contributed by atoms with van der Waals surface area (Å²) in [6.07, 6.45) is 5.74. The summed E-state index contributed by atoms with van der Waals surface area (Å²) >= 11 is 1.54. The minimum absolute atomic E-state index is 0.0159. The Kier molecular flexibility index (Phi) is 4.15. The average molecular weight is 335 g/mol. The van der Waals surface area contributed by atoms with Crippen molar-refractivity contribution in [2.75, 3.05) is 32.8 Å². The van der Waals surface area contributed by atoms with Crippen molar-refractivity contribution < 1.29 is 9.53 Å². The number of nitrogens with zero attached hydrogens (tertiary/aromatic N) is 3. The second-order valence-corrected chi connectivity index (χ2v) is 8.20. The molecule has 0 radical (unpaired) electrons. The zero-order valence-electron chi connectivity index (χ0n) is 13.8. The van der Waals surface area contributed by atoms with Gasteiger partial charge >= 0.3 is 0 Å². The number of carbonyl (C=O) groups is 1. The molecule has 0 aliphatic carbocycles. The molecule has 0 saturated carbocycles. The molecule has 1 aromatic rings. The Morgan fingerprint density at radius 1 is 1.30 bits per heavy atom. The number of ether oxygens (including phenoxy) is 1. The number of hydrogen-bond donors (Lipinski definition) is 0. The van der Waals surface area contributed by atoms with Crippen LogP contribution in [0.15, 0.2) is 5.38 Å². The summed E-state index contributed by atoms with van der Waals surface area (Å²) in [6, 6.07) is 0.598. The largest absolute Gasteiger partial charge is 0.373 e. The molecule has 1 aromatic heterocycles. The monoisotopic (exact) mass is 335 g/mol. The van der Waals surface area contributed by atoms with E-state index in [2.05, 4.69) is 9.88 Å². The van der Waals surface area contributed by atoms with E-state index in [1.807, 2.05) is 17.2 Å². The van der Waals surface area contributed by atoms with Gasteiger partial charge in [-0.25, -0.2) is 4.98 Å². The molecule has 3 saturated heterocycles. The van der Waals surface area contributed by atoms with Crippen LogP contribution in [0, 0.1) is 6.92 Å². The molecule has 1 unspecified atom stereocenters. The molecule has 3 fully saturated rings. The van der Waals surface area contributed by atoms with Crippen LogP contribution in [0.4, 0.5) is 0 Å². The molecule has 1 atom stereocenters. The van der Waals surface area contributed by atoms with Crippen LogP contribution >= 0.6 is 11.3 Å². The van der Waals surface area contributed by atoms with Crippen molar-refractivity contribution in [1.29, 1.82) is 0 Å². The number of likely N-dealkylation sites (tertiary alicyclic amines) is 2. The van der Waals surface area contributed by atoms with Gasteiger partial charge in [-0.05, 0) is 52.1 Å². The first-order valence-electron chi connectivity index (χ1n) is 8.75. The van der Waals surface area contributed by atoms with Gasteiger partial charge in [0.25, 0.3) is 5.91 Å². The van der Waals surface area contributed by atoms with Crippen LogP contribution in [0.3, 0.4) is 0 Å². The standard InChI is InChI=1S/C17H25N3O2S/c1-13-18-15(12-23-13)16(21)20-8-4-17(5-9-20)10-14(11-22-17)19-6-2-3-7-19/h12,14H,2-11H2,1H3. The van der Waals surface area contributed by atoms with E-state index < -0.39 is 0 Å². The highest BCUT2D eigenvalue weighted by atomic mass is 32.1. The van der Waals surface area contributed by atoms with Gasteiger partial charge in [-0.2, -0.15) is 0 Å². The lowest BCUT2D eigenvalue weighted by Crippen LogP contribution is -2.47. The van der Waals surface area contributed by atoms with E-state index in [1.165, 1.54) is 25.9 Å². The number of rotatable bonds is 2. The van der Waals surface area contributed by atoms with E-state index in [9.17, 15) is 4.79 Å². The zero-order chi connectivity index (χ0) is 15.9. The van der Waals surface area contributed by atoms with Crippen molar-refractivity contribution in [3.05, 3.63) is 16.1 Å².